The van der Waals surface area contributed by atoms with Crippen LogP contribution in [0, 0.1) is 0 Å². The molecule has 0 spiro atoms. The average molecular weight is 219 g/mol. The first-order valence-electron chi connectivity index (χ1n) is 5.41. The van der Waals surface area contributed by atoms with Gasteiger partial charge in [0.15, 0.2) is 0 Å². The molecule has 0 unspecified atom stereocenters. The maximum absolute atomic E-state index is 11.0. The number of para-hydroxylation sites is 1. The molecule has 0 aromatic heterocycles. The molecule has 1 amide bonds. The number of nitrogens with one attached hydrogen (secondary N) is 1. The summed E-state index contributed by atoms with van der Waals surface area (Å²) >= 11 is 0. The molecule has 0 aliphatic heterocycles. The van der Waals surface area contributed by atoms with Crippen LogP contribution in [0.1, 0.15) is 13.3 Å². The molecule has 1 N–H and O–H groups in total. The topological polar surface area (TPSA) is 38.3 Å². The molecule has 3 nitrogen and oxygen atoms in total. The Labute approximate surface area is 96.1 Å². The fourth-order valence-electron chi connectivity index (χ4n) is 1.20. The third kappa shape index (κ3) is 5.20. The van der Waals surface area contributed by atoms with E-state index in [1.807, 2.05) is 37.3 Å². The average Bonchev–Trinajstić information content (AvgIpc) is 2.30. The highest BCUT2D eigenvalue weighted by Gasteiger charge is 1.94. The maximum atomic E-state index is 11.0. The smallest absolute Gasteiger partial charge is 0.243 e. The summed E-state index contributed by atoms with van der Waals surface area (Å²) < 4.78 is 5.48. The van der Waals surface area contributed by atoms with E-state index in [4.69, 9.17) is 4.74 Å². The molecule has 1 aromatic rings. The SMILES string of the molecule is CC=CC(=O)NCCCOc1ccccc1. The van der Waals surface area contributed by atoms with Gasteiger partial charge < -0.3 is 10.1 Å². The van der Waals surface area contributed by atoms with E-state index >= 15 is 0 Å². The van der Waals surface area contributed by atoms with E-state index in [-0.39, 0.29) is 5.91 Å². The Morgan fingerprint density at radius 3 is 2.81 bits per heavy atom. The maximum Gasteiger partial charge on any atom is 0.243 e. The van der Waals surface area contributed by atoms with Gasteiger partial charge in [-0.15, -0.1) is 0 Å². The Balaban J connectivity index is 2.07. The highest BCUT2D eigenvalue weighted by atomic mass is 16.5. The minimum atomic E-state index is -0.0535. The van der Waals surface area contributed by atoms with Crippen LogP contribution >= 0.6 is 0 Å². The zero-order chi connectivity index (χ0) is 11.6. The molecule has 0 fully saturated rings. The van der Waals surface area contributed by atoms with Crippen molar-refractivity contribution in [2.75, 3.05) is 13.2 Å². The molecule has 0 saturated carbocycles. The second-order valence-corrected chi connectivity index (χ2v) is 3.31. The Morgan fingerprint density at radius 1 is 1.38 bits per heavy atom. The lowest BCUT2D eigenvalue weighted by Gasteiger charge is -2.05. The number of ether oxygens (including phenoxy) is 1. The summed E-state index contributed by atoms with van der Waals surface area (Å²) in [6, 6.07) is 9.65. The largest absolute Gasteiger partial charge is 0.494 e. The van der Waals surface area contributed by atoms with Gasteiger partial charge in [0, 0.05) is 6.54 Å². The van der Waals surface area contributed by atoms with E-state index in [2.05, 4.69) is 5.32 Å². The Hall–Kier alpha value is -1.77. The molecule has 0 aliphatic rings. The van der Waals surface area contributed by atoms with Crippen LogP contribution < -0.4 is 10.1 Å². The first-order chi connectivity index (χ1) is 7.83. The Morgan fingerprint density at radius 2 is 2.12 bits per heavy atom. The normalized spacial score (nSPS) is 10.3. The minimum absolute atomic E-state index is 0.0535. The lowest BCUT2D eigenvalue weighted by molar-refractivity contribution is -0.116. The van der Waals surface area contributed by atoms with Crippen molar-refractivity contribution in [2.24, 2.45) is 0 Å². The number of hydrogen-bond donors (Lipinski definition) is 1. The Kier molecular flexibility index (Phi) is 5.78. The highest BCUT2D eigenvalue weighted by molar-refractivity contribution is 5.87. The van der Waals surface area contributed by atoms with Crippen LogP contribution in [0.5, 0.6) is 5.75 Å². The van der Waals surface area contributed by atoms with Crippen molar-refractivity contribution < 1.29 is 9.53 Å². The first-order valence-corrected chi connectivity index (χ1v) is 5.41. The van der Waals surface area contributed by atoms with E-state index in [0.29, 0.717) is 13.2 Å². The van der Waals surface area contributed by atoms with Crippen LogP contribution in [0.25, 0.3) is 0 Å². The standard InChI is InChI=1S/C13H17NO2/c1-2-7-13(15)14-10-6-11-16-12-8-4-3-5-9-12/h2-5,7-9H,6,10-11H2,1H3,(H,14,15). The van der Waals surface area contributed by atoms with Gasteiger partial charge in [0.2, 0.25) is 5.91 Å². The monoisotopic (exact) mass is 219 g/mol. The highest BCUT2D eigenvalue weighted by Crippen LogP contribution is 2.07. The van der Waals surface area contributed by atoms with Crippen molar-refractivity contribution in [1.29, 1.82) is 0 Å². The van der Waals surface area contributed by atoms with E-state index in [0.717, 1.165) is 12.2 Å². The predicted molar refractivity (Wildman–Crippen MR) is 64.4 cm³/mol. The molecule has 0 saturated heterocycles. The van der Waals surface area contributed by atoms with E-state index in [1.165, 1.54) is 6.08 Å². The molecular weight excluding hydrogens is 202 g/mol. The quantitative estimate of drug-likeness (QED) is 0.588. The number of amides is 1. The van der Waals surface area contributed by atoms with E-state index in [9.17, 15) is 4.79 Å². The number of rotatable bonds is 6. The zero-order valence-corrected chi connectivity index (χ0v) is 9.48. The fraction of sp³-hybridized carbons (Fsp3) is 0.308. The van der Waals surface area contributed by atoms with Gasteiger partial charge in [-0.25, -0.2) is 0 Å². The van der Waals surface area contributed by atoms with Gasteiger partial charge in [-0.2, -0.15) is 0 Å². The summed E-state index contributed by atoms with van der Waals surface area (Å²) in [5, 5.41) is 2.76. The molecule has 0 aliphatic carbocycles. The second kappa shape index (κ2) is 7.51. The van der Waals surface area contributed by atoms with Crippen molar-refractivity contribution in [3.63, 3.8) is 0 Å². The van der Waals surface area contributed by atoms with Gasteiger partial charge in [-0.05, 0) is 31.6 Å². The number of carbonyl (C=O) groups excluding carboxylic acids is 1. The van der Waals surface area contributed by atoms with Gasteiger partial charge in [-0.1, -0.05) is 24.3 Å². The molecule has 0 radical (unpaired) electrons. The number of hydrogen-bond acceptors (Lipinski definition) is 2. The Bertz CT molecular complexity index is 333. The summed E-state index contributed by atoms with van der Waals surface area (Å²) in [4.78, 5) is 11.0. The fourth-order valence-corrected chi connectivity index (χ4v) is 1.20. The van der Waals surface area contributed by atoms with E-state index < -0.39 is 0 Å². The lowest BCUT2D eigenvalue weighted by atomic mass is 10.3. The first kappa shape index (κ1) is 12.3. The number of allylic oxidation sites excluding steroid dienone is 1. The molecular formula is C13H17NO2. The van der Waals surface area contributed by atoms with Crippen LogP contribution in [-0.4, -0.2) is 19.1 Å². The van der Waals surface area contributed by atoms with Crippen molar-refractivity contribution in [3.8, 4) is 5.75 Å². The van der Waals surface area contributed by atoms with Crippen LogP contribution in [0.4, 0.5) is 0 Å². The van der Waals surface area contributed by atoms with Gasteiger partial charge in [-0.3, -0.25) is 4.79 Å². The van der Waals surface area contributed by atoms with Crippen molar-refractivity contribution in [1.82, 2.24) is 5.32 Å². The third-order valence-electron chi connectivity index (χ3n) is 1.95. The second-order valence-electron chi connectivity index (χ2n) is 3.31. The number of benzene rings is 1. The van der Waals surface area contributed by atoms with Crippen LogP contribution in [-0.2, 0) is 4.79 Å². The molecule has 0 atom stereocenters. The molecule has 0 bridgehead atoms. The molecule has 3 heteroatoms. The van der Waals surface area contributed by atoms with Crippen LogP contribution in [0.2, 0.25) is 0 Å². The summed E-state index contributed by atoms with van der Waals surface area (Å²) in [6.45, 7) is 3.06. The van der Waals surface area contributed by atoms with Gasteiger partial charge in [0.25, 0.3) is 0 Å². The predicted octanol–water partition coefficient (Wildman–Crippen LogP) is 2.15. The molecule has 1 rings (SSSR count). The molecule has 1 aromatic carbocycles. The summed E-state index contributed by atoms with van der Waals surface area (Å²) in [5.74, 6) is 0.810. The summed E-state index contributed by atoms with van der Waals surface area (Å²) in [6.07, 6.45) is 4.03. The zero-order valence-electron chi connectivity index (χ0n) is 9.48. The van der Waals surface area contributed by atoms with Crippen molar-refractivity contribution in [2.45, 2.75) is 13.3 Å². The van der Waals surface area contributed by atoms with Gasteiger partial charge >= 0.3 is 0 Å². The molecule has 86 valence electrons. The molecule has 0 heterocycles. The van der Waals surface area contributed by atoms with Gasteiger partial charge in [0.1, 0.15) is 5.75 Å². The summed E-state index contributed by atoms with van der Waals surface area (Å²) in [7, 11) is 0. The van der Waals surface area contributed by atoms with Crippen molar-refractivity contribution >= 4 is 5.91 Å². The number of carbonyl (C=O) groups is 1. The van der Waals surface area contributed by atoms with E-state index in [1.54, 1.807) is 6.08 Å². The van der Waals surface area contributed by atoms with Crippen LogP contribution in [0.3, 0.4) is 0 Å². The summed E-state index contributed by atoms with van der Waals surface area (Å²) in [5.41, 5.74) is 0. The third-order valence-corrected chi connectivity index (χ3v) is 1.95. The van der Waals surface area contributed by atoms with Crippen molar-refractivity contribution in [3.05, 3.63) is 42.5 Å². The molecule has 16 heavy (non-hydrogen) atoms. The van der Waals surface area contributed by atoms with Crippen LogP contribution in [0.15, 0.2) is 42.5 Å². The minimum Gasteiger partial charge on any atom is -0.494 e. The lowest BCUT2D eigenvalue weighted by Crippen LogP contribution is -2.23. The van der Waals surface area contributed by atoms with Gasteiger partial charge in [0.05, 0.1) is 6.61 Å².